The Morgan fingerprint density at radius 2 is 2.12 bits per heavy atom. The fourth-order valence-electron chi connectivity index (χ4n) is 1.11. The molecule has 0 saturated heterocycles. The molecule has 0 heterocycles. The van der Waals surface area contributed by atoms with E-state index < -0.39 is 22.1 Å². The molecule has 0 fully saturated rings. The van der Waals surface area contributed by atoms with Gasteiger partial charge in [0.15, 0.2) is 0 Å². The third kappa shape index (κ3) is 3.48. The maximum atomic E-state index is 12.0. The van der Waals surface area contributed by atoms with Gasteiger partial charge in [-0.3, -0.25) is 4.79 Å². The van der Waals surface area contributed by atoms with Crippen molar-refractivity contribution in [2.45, 2.75) is 11.3 Å². The maximum absolute atomic E-state index is 12.0. The number of amides is 1. The average molecular weight is 262 g/mol. The molecule has 0 aliphatic heterocycles. The first kappa shape index (κ1) is 13.6. The molecule has 0 saturated carbocycles. The molecule has 17 heavy (non-hydrogen) atoms. The summed E-state index contributed by atoms with van der Waals surface area (Å²) in [5, 5.41) is 2.02. The molecule has 1 amide bonds. The van der Waals surface area contributed by atoms with Gasteiger partial charge in [-0.25, -0.2) is 8.57 Å². The Balaban J connectivity index is 3.03. The molecule has 1 aromatic rings. The number of benzene rings is 1. The molecule has 1 N–H and O–H groups in total. The van der Waals surface area contributed by atoms with E-state index >= 15 is 0 Å². The lowest BCUT2D eigenvalue weighted by atomic mass is 10.3. The van der Waals surface area contributed by atoms with E-state index in [4.69, 9.17) is 0 Å². The molecular weight excluding hydrogens is 250 g/mol. The standard InChI is InChI=1S/C10H12F2N2O2S/c1-13-17(2,16)8-5-3-4-7(6-8)14-10(15)9(11)12/h3-6,9H,1-2H3,(H,14,15). The van der Waals surface area contributed by atoms with Crippen molar-refractivity contribution in [1.29, 1.82) is 0 Å². The van der Waals surface area contributed by atoms with Crippen LogP contribution < -0.4 is 5.32 Å². The number of carbonyl (C=O) groups excluding carboxylic acids is 1. The second-order valence-corrected chi connectivity index (χ2v) is 5.74. The van der Waals surface area contributed by atoms with Crippen LogP contribution in [0.2, 0.25) is 0 Å². The van der Waals surface area contributed by atoms with Gasteiger partial charge in [-0.1, -0.05) is 6.07 Å². The number of rotatable bonds is 3. The van der Waals surface area contributed by atoms with Gasteiger partial charge in [0.25, 0.3) is 5.91 Å². The molecule has 94 valence electrons. The fraction of sp³-hybridized carbons (Fsp3) is 0.300. The first-order valence-electron chi connectivity index (χ1n) is 4.66. The van der Waals surface area contributed by atoms with E-state index in [1.165, 1.54) is 31.5 Å². The highest BCUT2D eigenvalue weighted by Crippen LogP contribution is 2.17. The SMILES string of the molecule is CN=S(C)(=O)c1cccc(NC(=O)C(F)F)c1. The number of nitrogens with zero attached hydrogens (tertiary/aromatic N) is 1. The summed E-state index contributed by atoms with van der Waals surface area (Å²) in [6, 6.07) is 5.89. The highest BCUT2D eigenvalue weighted by Gasteiger charge is 2.15. The number of alkyl halides is 2. The van der Waals surface area contributed by atoms with Gasteiger partial charge in [-0.15, -0.1) is 0 Å². The number of carbonyl (C=O) groups is 1. The monoisotopic (exact) mass is 262 g/mol. The highest BCUT2D eigenvalue weighted by molar-refractivity contribution is 7.93. The normalized spacial score (nSPS) is 14.2. The number of anilines is 1. The van der Waals surface area contributed by atoms with Crippen molar-refractivity contribution >= 4 is 21.3 Å². The van der Waals surface area contributed by atoms with Crippen LogP contribution in [0.5, 0.6) is 0 Å². The Morgan fingerprint density at radius 1 is 1.47 bits per heavy atom. The minimum Gasteiger partial charge on any atom is -0.321 e. The predicted molar refractivity (Wildman–Crippen MR) is 61.8 cm³/mol. The maximum Gasteiger partial charge on any atom is 0.315 e. The molecule has 0 spiro atoms. The zero-order valence-corrected chi connectivity index (χ0v) is 10.1. The molecule has 1 aromatic carbocycles. The lowest BCUT2D eigenvalue weighted by Gasteiger charge is -2.07. The molecule has 0 aliphatic rings. The summed E-state index contributed by atoms with van der Waals surface area (Å²) in [7, 11) is -1.13. The van der Waals surface area contributed by atoms with Crippen LogP contribution >= 0.6 is 0 Å². The topological polar surface area (TPSA) is 58.5 Å². The number of hydrogen-bond acceptors (Lipinski definition) is 3. The largest absolute Gasteiger partial charge is 0.321 e. The summed E-state index contributed by atoms with van der Waals surface area (Å²) in [4.78, 5) is 11.2. The van der Waals surface area contributed by atoms with Crippen LogP contribution in [0.4, 0.5) is 14.5 Å². The number of halogens is 2. The summed E-state index contributed by atoms with van der Waals surface area (Å²) in [6.45, 7) is 0. The molecular formula is C10H12F2N2O2S. The Morgan fingerprint density at radius 3 is 2.65 bits per heavy atom. The van der Waals surface area contributed by atoms with Crippen molar-refractivity contribution in [3.8, 4) is 0 Å². The van der Waals surface area contributed by atoms with Gasteiger partial charge < -0.3 is 5.32 Å². The molecule has 1 unspecified atom stereocenters. The zero-order chi connectivity index (χ0) is 13.1. The summed E-state index contributed by atoms with van der Waals surface area (Å²) in [5.41, 5.74) is 0.172. The van der Waals surface area contributed by atoms with Crippen molar-refractivity contribution in [2.24, 2.45) is 4.36 Å². The van der Waals surface area contributed by atoms with Crippen LogP contribution in [0.25, 0.3) is 0 Å². The third-order valence-electron chi connectivity index (χ3n) is 2.09. The predicted octanol–water partition coefficient (Wildman–Crippen LogP) is 1.98. The van der Waals surface area contributed by atoms with Crippen molar-refractivity contribution in [3.63, 3.8) is 0 Å². The average Bonchev–Trinajstić information content (AvgIpc) is 2.29. The van der Waals surface area contributed by atoms with Crippen molar-refractivity contribution in [1.82, 2.24) is 0 Å². The van der Waals surface area contributed by atoms with Gasteiger partial charge in [-0.2, -0.15) is 8.78 Å². The Bertz CT molecular complexity index is 537. The van der Waals surface area contributed by atoms with Crippen molar-refractivity contribution in [2.75, 3.05) is 18.6 Å². The third-order valence-corrected chi connectivity index (χ3v) is 3.91. The van der Waals surface area contributed by atoms with Crippen molar-refractivity contribution < 1.29 is 17.8 Å². The smallest absolute Gasteiger partial charge is 0.315 e. The van der Waals surface area contributed by atoms with Gasteiger partial charge >= 0.3 is 6.43 Å². The van der Waals surface area contributed by atoms with Crippen LogP contribution in [-0.4, -0.2) is 29.8 Å². The quantitative estimate of drug-likeness (QED) is 0.905. The summed E-state index contributed by atoms with van der Waals surface area (Å²) in [5.74, 6) is -1.39. The minimum absolute atomic E-state index is 0.172. The molecule has 0 aromatic heterocycles. The van der Waals surface area contributed by atoms with E-state index in [0.717, 1.165) is 0 Å². The first-order chi connectivity index (χ1) is 7.86. The summed E-state index contributed by atoms with van der Waals surface area (Å²) >= 11 is 0. The van der Waals surface area contributed by atoms with E-state index in [-0.39, 0.29) is 5.69 Å². The van der Waals surface area contributed by atoms with Gasteiger partial charge in [0, 0.05) is 23.9 Å². The van der Waals surface area contributed by atoms with Crippen molar-refractivity contribution in [3.05, 3.63) is 24.3 Å². The minimum atomic E-state index is -3.08. The fourth-order valence-corrected chi connectivity index (χ4v) is 2.00. The molecule has 0 radical (unpaired) electrons. The Hall–Kier alpha value is -1.50. The lowest BCUT2D eigenvalue weighted by molar-refractivity contribution is -0.126. The van der Waals surface area contributed by atoms with E-state index in [1.807, 2.05) is 5.32 Å². The summed E-state index contributed by atoms with van der Waals surface area (Å²) < 4.78 is 39.7. The van der Waals surface area contributed by atoms with E-state index in [1.54, 1.807) is 6.07 Å². The van der Waals surface area contributed by atoms with Gasteiger partial charge in [0.1, 0.15) is 0 Å². The molecule has 7 heteroatoms. The molecule has 1 atom stereocenters. The number of nitrogens with one attached hydrogen (secondary N) is 1. The zero-order valence-electron chi connectivity index (χ0n) is 9.31. The molecule has 0 bridgehead atoms. The first-order valence-corrected chi connectivity index (χ1v) is 6.58. The van der Waals surface area contributed by atoms with Gasteiger partial charge in [0.2, 0.25) is 0 Å². The van der Waals surface area contributed by atoms with Crippen LogP contribution in [0.1, 0.15) is 0 Å². The van der Waals surface area contributed by atoms with Crippen LogP contribution in [0.15, 0.2) is 33.5 Å². The van der Waals surface area contributed by atoms with Gasteiger partial charge in [-0.05, 0) is 18.2 Å². The second kappa shape index (κ2) is 5.22. The summed E-state index contributed by atoms with van der Waals surface area (Å²) in [6.07, 6.45) is -1.65. The van der Waals surface area contributed by atoms with Crippen LogP contribution in [0, 0.1) is 0 Å². The van der Waals surface area contributed by atoms with E-state index in [9.17, 15) is 17.8 Å². The van der Waals surface area contributed by atoms with Crippen LogP contribution in [-0.2, 0) is 14.5 Å². The Labute approximate surface area is 98.2 Å². The van der Waals surface area contributed by atoms with E-state index in [0.29, 0.717) is 4.90 Å². The van der Waals surface area contributed by atoms with E-state index in [2.05, 4.69) is 4.36 Å². The Kier molecular flexibility index (Phi) is 4.17. The van der Waals surface area contributed by atoms with Gasteiger partial charge in [0.05, 0.1) is 9.73 Å². The molecule has 1 rings (SSSR count). The second-order valence-electron chi connectivity index (χ2n) is 3.30. The highest BCUT2D eigenvalue weighted by atomic mass is 32.2. The van der Waals surface area contributed by atoms with Crippen LogP contribution in [0.3, 0.4) is 0 Å². The molecule has 4 nitrogen and oxygen atoms in total. The lowest BCUT2D eigenvalue weighted by Crippen LogP contribution is -2.20. The molecule has 0 aliphatic carbocycles. The number of hydrogen-bond donors (Lipinski definition) is 1.